The van der Waals surface area contributed by atoms with Crippen LogP contribution in [0.2, 0.25) is 5.02 Å². The van der Waals surface area contributed by atoms with E-state index in [1.807, 2.05) is 17.0 Å². The molecule has 31 heavy (non-hydrogen) atoms. The number of hydrogen-bond donors (Lipinski definition) is 1. The third-order valence-electron chi connectivity index (χ3n) is 6.59. The summed E-state index contributed by atoms with van der Waals surface area (Å²) < 4.78 is 0. The highest BCUT2D eigenvalue weighted by atomic mass is 35.5. The van der Waals surface area contributed by atoms with Gasteiger partial charge in [0.15, 0.2) is 0 Å². The van der Waals surface area contributed by atoms with Crippen LogP contribution in [-0.2, 0) is 0 Å². The quantitative estimate of drug-likeness (QED) is 0.696. The standard InChI is InChI=1S/C25H28ClN3O2/c26-24-14-21(9-6-20(24)15-27)29(16-18-4-2-1-3-5-18)22-12-13-28(17-22)25(31)19-7-10-23(30)11-8-19/h6-11,14,18,22,30H,1-5,12-13,16-17H2/t22-/m0/s1. The number of carbonyl (C=O) groups is 1. The molecule has 162 valence electrons. The Labute approximate surface area is 188 Å². The molecule has 5 nitrogen and oxygen atoms in total. The molecule has 0 spiro atoms. The van der Waals surface area contributed by atoms with Crippen LogP contribution in [0.25, 0.3) is 0 Å². The van der Waals surface area contributed by atoms with Crippen molar-refractivity contribution in [3.8, 4) is 11.8 Å². The van der Waals surface area contributed by atoms with Gasteiger partial charge in [-0.05, 0) is 67.6 Å². The van der Waals surface area contributed by atoms with Crippen molar-refractivity contribution in [3.05, 3.63) is 58.6 Å². The van der Waals surface area contributed by atoms with Gasteiger partial charge in [0.25, 0.3) is 5.91 Å². The minimum absolute atomic E-state index is 0.00187. The Morgan fingerprint density at radius 2 is 1.87 bits per heavy atom. The summed E-state index contributed by atoms with van der Waals surface area (Å²) in [6, 6.07) is 14.5. The van der Waals surface area contributed by atoms with E-state index in [9.17, 15) is 15.2 Å². The van der Waals surface area contributed by atoms with Gasteiger partial charge in [0.1, 0.15) is 11.8 Å². The van der Waals surface area contributed by atoms with Gasteiger partial charge < -0.3 is 14.9 Å². The van der Waals surface area contributed by atoms with Crippen LogP contribution < -0.4 is 4.90 Å². The van der Waals surface area contributed by atoms with Crippen molar-refractivity contribution in [1.29, 1.82) is 5.26 Å². The highest BCUT2D eigenvalue weighted by Crippen LogP contribution is 2.32. The first-order valence-electron chi connectivity index (χ1n) is 11.1. The fraction of sp³-hybridized carbons (Fsp3) is 0.440. The van der Waals surface area contributed by atoms with Gasteiger partial charge in [0.05, 0.1) is 10.6 Å². The van der Waals surface area contributed by atoms with Gasteiger partial charge >= 0.3 is 0 Å². The van der Waals surface area contributed by atoms with Crippen LogP contribution in [-0.4, -0.2) is 41.6 Å². The van der Waals surface area contributed by atoms with Crippen LogP contribution in [0, 0.1) is 17.2 Å². The number of hydrogen-bond acceptors (Lipinski definition) is 4. The minimum Gasteiger partial charge on any atom is -0.508 e. The molecule has 6 heteroatoms. The summed E-state index contributed by atoms with van der Waals surface area (Å²) >= 11 is 6.36. The number of aromatic hydroxyl groups is 1. The fourth-order valence-electron chi connectivity index (χ4n) is 4.85. The summed E-state index contributed by atoms with van der Waals surface area (Å²) in [5, 5.41) is 19.2. The summed E-state index contributed by atoms with van der Waals surface area (Å²) in [4.78, 5) is 17.3. The van der Waals surface area contributed by atoms with Gasteiger partial charge in [0, 0.05) is 36.9 Å². The first kappa shape index (κ1) is 21.5. The second kappa shape index (κ2) is 9.62. The van der Waals surface area contributed by atoms with Gasteiger partial charge in [-0.2, -0.15) is 5.26 Å². The molecule has 0 radical (unpaired) electrons. The molecule has 0 bridgehead atoms. The highest BCUT2D eigenvalue weighted by molar-refractivity contribution is 6.32. The smallest absolute Gasteiger partial charge is 0.253 e. The first-order valence-corrected chi connectivity index (χ1v) is 11.5. The van der Waals surface area contributed by atoms with Crippen LogP contribution in [0.5, 0.6) is 5.75 Å². The average Bonchev–Trinajstić information content (AvgIpc) is 3.28. The molecular formula is C25H28ClN3O2. The lowest BCUT2D eigenvalue weighted by atomic mass is 9.88. The van der Waals surface area contributed by atoms with Crippen LogP contribution in [0.4, 0.5) is 5.69 Å². The van der Waals surface area contributed by atoms with E-state index in [1.165, 1.54) is 32.1 Å². The van der Waals surface area contributed by atoms with E-state index in [-0.39, 0.29) is 17.7 Å². The maximum atomic E-state index is 13.0. The molecule has 2 aliphatic rings. The predicted octanol–water partition coefficient (Wildman–Crippen LogP) is 5.22. The molecule has 4 rings (SSSR count). The summed E-state index contributed by atoms with van der Waals surface area (Å²) in [5.41, 5.74) is 2.11. The molecule has 2 aromatic carbocycles. The number of carbonyl (C=O) groups excluding carboxylic acids is 1. The Hall–Kier alpha value is -2.71. The summed E-state index contributed by atoms with van der Waals surface area (Å²) in [6.07, 6.45) is 7.25. The molecule has 1 heterocycles. The van der Waals surface area contributed by atoms with E-state index < -0.39 is 0 Å². The summed E-state index contributed by atoms with van der Waals surface area (Å²) in [5.74, 6) is 0.801. The third kappa shape index (κ3) is 4.97. The molecule has 0 unspecified atom stereocenters. The van der Waals surface area contributed by atoms with Gasteiger partial charge in [-0.15, -0.1) is 0 Å². The van der Waals surface area contributed by atoms with Gasteiger partial charge in [-0.25, -0.2) is 0 Å². The molecule has 2 aromatic rings. The van der Waals surface area contributed by atoms with Crippen molar-refractivity contribution in [2.45, 2.75) is 44.6 Å². The summed E-state index contributed by atoms with van der Waals surface area (Å²) in [6.45, 7) is 2.31. The average molecular weight is 438 g/mol. The van der Waals surface area contributed by atoms with Crippen LogP contribution in [0.15, 0.2) is 42.5 Å². The van der Waals surface area contributed by atoms with Crippen molar-refractivity contribution < 1.29 is 9.90 Å². The van der Waals surface area contributed by atoms with Crippen molar-refractivity contribution in [3.63, 3.8) is 0 Å². The molecule has 1 aliphatic heterocycles. The maximum absolute atomic E-state index is 13.0. The lowest BCUT2D eigenvalue weighted by molar-refractivity contribution is 0.0790. The van der Waals surface area contributed by atoms with Crippen molar-refractivity contribution in [2.75, 3.05) is 24.5 Å². The van der Waals surface area contributed by atoms with Crippen LogP contribution >= 0.6 is 11.6 Å². The monoisotopic (exact) mass is 437 g/mol. The number of phenolic OH excluding ortho intramolecular Hbond substituents is 1. The van der Waals surface area contributed by atoms with E-state index in [2.05, 4.69) is 11.0 Å². The maximum Gasteiger partial charge on any atom is 0.253 e. The van der Waals surface area contributed by atoms with E-state index in [1.54, 1.807) is 30.3 Å². The minimum atomic E-state index is -0.00187. The van der Waals surface area contributed by atoms with Crippen LogP contribution in [0.1, 0.15) is 54.4 Å². The SMILES string of the molecule is N#Cc1ccc(N(CC2CCCCC2)[C@H]2CCN(C(=O)c3ccc(O)cc3)C2)cc1Cl. The molecular weight excluding hydrogens is 410 g/mol. The number of likely N-dealkylation sites (tertiary alicyclic amines) is 1. The predicted molar refractivity (Wildman–Crippen MR) is 123 cm³/mol. The lowest BCUT2D eigenvalue weighted by Crippen LogP contribution is -2.42. The normalized spacial score (nSPS) is 19.2. The Morgan fingerprint density at radius 1 is 1.13 bits per heavy atom. The van der Waals surface area contributed by atoms with E-state index >= 15 is 0 Å². The number of nitriles is 1. The second-order valence-corrected chi connectivity index (χ2v) is 9.08. The number of halogens is 1. The zero-order valence-electron chi connectivity index (χ0n) is 17.6. The topological polar surface area (TPSA) is 67.6 Å². The largest absolute Gasteiger partial charge is 0.508 e. The van der Waals surface area contributed by atoms with E-state index in [0.29, 0.717) is 35.2 Å². The zero-order chi connectivity index (χ0) is 21.8. The number of amides is 1. The molecule has 1 amide bonds. The Bertz CT molecular complexity index is 964. The number of benzene rings is 2. The fourth-order valence-corrected chi connectivity index (χ4v) is 5.07. The van der Waals surface area contributed by atoms with E-state index in [4.69, 9.17) is 11.6 Å². The Morgan fingerprint density at radius 3 is 2.55 bits per heavy atom. The number of nitrogens with zero attached hydrogens (tertiary/aromatic N) is 3. The Balaban J connectivity index is 1.53. The molecule has 2 fully saturated rings. The van der Waals surface area contributed by atoms with Gasteiger partial charge in [-0.1, -0.05) is 30.9 Å². The molecule has 1 aliphatic carbocycles. The van der Waals surface area contributed by atoms with Crippen molar-refractivity contribution in [2.24, 2.45) is 5.92 Å². The highest BCUT2D eigenvalue weighted by Gasteiger charge is 2.32. The van der Waals surface area contributed by atoms with Crippen molar-refractivity contribution in [1.82, 2.24) is 4.90 Å². The molecule has 0 aromatic heterocycles. The number of rotatable bonds is 5. The van der Waals surface area contributed by atoms with Crippen LogP contribution in [0.3, 0.4) is 0 Å². The third-order valence-corrected chi connectivity index (χ3v) is 6.90. The molecule has 1 saturated carbocycles. The molecule has 1 saturated heterocycles. The summed E-state index contributed by atoms with van der Waals surface area (Å²) in [7, 11) is 0. The zero-order valence-corrected chi connectivity index (χ0v) is 18.4. The second-order valence-electron chi connectivity index (χ2n) is 8.67. The van der Waals surface area contributed by atoms with Crippen molar-refractivity contribution >= 4 is 23.2 Å². The van der Waals surface area contributed by atoms with Gasteiger partial charge in [-0.3, -0.25) is 4.79 Å². The first-order chi connectivity index (χ1) is 15.0. The van der Waals surface area contributed by atoms with Gasteiger partial charge in [0.2, 0.25) is 0 Å². The lowest BCUT2D eigenvalue weighted by Gasteiger charge is -2.36. The Kier molecular flexibility index (Phi) is 6.67. The number of anilines is 1. The number of phenols is 1. The van der Waals surface area contributed by atoms with E-state index in [0.717, 1.165) is 18.7 Å². The molecule has 1 N–H and O–H groups in total. The molecule has 1 atom stereocenters.